The predicted molar refractivity (Wildman–Crippen MR) is 184 cm³/mol. The van der Waals surface area contributed by atoms with Gasteiger partial charge in [0.2, 0.25) is 10.0 Å². The molecule has 0 aliphatic carbocycles. The number of rotatable bonds is 17. The van der Waals surface area contributed by atoms with Crippen LogP contribution >= 0.6 is 7.14 Å². The average Bonchev–Trinajstić information content (AvgIpc) is 3.65. The van der Waals surface area contributed by atoms with Gasteiger partial charge in [-0.3, -0.25) is 0 Å². The van der Waals surface area contributed by atoms with Crippen molar-refractivity contribution in [2.45, 2.75) is 62.7 Å². The molecule has 0 bridgehead atoms. The zero-order valence-corrected chi connectivity index (χ0v) is 30.6. The van der Waals surface area contributed by atoms with Crippen LogP contribution in [0.1, 0.15) is 31.4 Å². The number of amides is 1. The molecule has 2 aliphatic rings. The van der Waals surface area contributed by atoms with Gasteiger partial charge in [0.05, 0.1) is 50.4 Å². The van der Waals surface area contributed by atoms with Crippen molar-refractivity contribution in [3.8, 4) is 5.75 Å². The molecule has 2 saturated heterocycles. The topological polar surface area (TPSA) is 144 Å². The highest BCUT2D eigenvalue weighted by atomic mass is 32.2. The fraction of sp³-hybridized carbons (Fsp3) is 0.618. The molecule has 48 heavy (non-hydrogen) atoms. The zero-order valence-electron chi connectivity index (χ0n) is 28.9. The van der Waals surface area contributed by atoms with Crippen molar-refractivity contribution in [3.05, 3.63) is 59.7 Å². The van der Waals surface area contributed by atoms with Crippen LogP contribution in [0.5, 0.6) is 5.75 Å². The third kappa shape index (κ3) is 11.0. The number of carbonyl (C=O) groups excluding carboxylic acids is 1. The molecule has 2 heterocycles. The van der Waals surface area contributed by atoms with E-state index in [1.54, 1.807) is 25.5 Å². The van der Waals surface area contributed by atoms with E-state index in [1.807, 2.05) is 45.2 Å². The van der Waals surface area contributed by atoms with Crippen LogP contribution in [0.2, 0.25) is 0 Å². The van der Waals surface area contributed by atoms with E-state index in [0.29, 0.717) is 25.1 Å². The number of aliphatic hydroxyl groups excluding tert-OH is 1. The first-order valence-electron chi connectivity index (χ1n) is 16.5. The molecular weight excluding hydrogens is 657 g/mol. The van der Waals surface area contributed by atoms with Crippen LogP contribution in [-0.2, 0) is 41.8 Å². The minimum atomic E-state index is -3.99. The van der Waals surface area contributed by atoms with E-state index in [9.17, 15) is 22.9 Å². The maximum absolute atomic E-state index is 13.8. The van der Waals surface area contributed by atoms with Gasteiger partial charge in [-0.05, 0) is 74.5 Å². The molecule has 1 amide bonds. The second-order valence-electron chi connectivity index (χ2n) is 13.7. The van der Waals surface area contributed by atoms with Gasteiger partial charge >= 0.3 is 6.09 Å². The highest BCUT2D eigenvalue weighted by molar-refractivity contribution is 7.89. The molecule has 0 aromatic heterocycles. The van der Waals surface area contributed by atoms with Gasteiger partial charge in [-0.1, -0.05) is 38.1 Å². The molecular formula is C34H52N3O9PS. The van der Waals surface area contributed by atoms with Crippen molar-refractivity contribution in [2.24, 2.45) is 11.8 Å². The maximum atomic E-state index is 13.8. The largest absolute Gasteiger partial charge is 0.497 e. The van der Waals surface area contributed by atoms with E-state index in [1.165, 1.54) is 23.5 Å². The Kier molecular flexibility index (Phi) is 13.5. The van der Waals surface area contributed by atoms with Crippen molar-refractivity contribution < 1.29 is 41.8 Å². The number of benzene rings is 2. The predicted octanol–water partition coefficient (Wildman–Crippen LogP) is 3.86. The second kappa shape index (κ2) is 16.9. The van der Waals surface area contributed by atoms with Gasteiger partial charge in [0.1, 0.15) is 11.9 Å². The molecule has 2 aromatic rings. The van der Waals surface area contributed by atoms with Crippen LogP contribution in [0.25, 0.3) is 0 Å². The average molecular weight is 710 g/mol. The molecule has 0 unspecified atom stereocenters. The highest BCUT2D eigenvalue weighted by Crippen LogP contribution is 2.35. The van der Waals surface area contributed by atoms with E-state index in [2.05, 4.69) is 10.2 Å². The zero-order chi connectivity index (χ0) is 35.1. The minimum Gasteiger partial charge on any atom is -0.497 e. The van der Waals surface area contributed by atoms with Crippen LogP contribution < -0.4 is 10.1 Å². The van der Waals surface area contributed by atoms with Crippen molar-refractivity contribution in [3.63, 3.8) is 0 Å². The third-order valence-electron chi connectivity index (χ3n) is 8.62. The van der Waals surface area contributed by atoms with Crippen molar-refractivity contribution in [1.29, 1.82) is 0 Å². The van der Waals surface area contributed by atoms with Gasteiger partial charge in [-0.15, -0.1) is 0 Å². The monoisotopic (exact) mass is 709 g/mol. The molecule has 268 valence electrons. The number of fused-ring (bicyclic) bond motifs is 1. The Morgan fingerprint density at radius 1 is 1.06 bits per heavy atom. The summed E-state index contributed by atoms with van der Waals surface area (Å²) >= 11 is 0. The molecule has 0 spiro atoms. The molecule has 12 nitrogen and oxygen atoms in total. The SMILES string of the molecule is COc1ccc(S(=O)(=O)N(CC(C)C)C[C@@H](O)[C@H](Cc2ccc(CN(C)CCP(C)(C)=O)cc2)NC(=O)O[C@H]2CO[C@H]3OCC[C@H]32)cc1. The number of carbonyl (C=O) groups is 1. The molecule has 5 atom stereocenters. The van der Waals surface area contributed by atoms with Crippen LogP contribution in [-0.4, -0.2) is 120 Å². The Balaban J connectivity index is 1.51. The summed E-state index contributed by atoms with van der Waals surface area (Å²) in [5, 5.41) is 14.5. The Morgan fingerprint density at radius 2 is 1.73 bits per heavy atom. The standard InChI is InChI=1S/C34H52N3O9PS/c1-24(2)20-37(48(41,42)28-13-11-27(43-4)12-14-28)22-31(38)30(35-34(39)46-32-23-45-33-29(32)15-17-44-33)19-25-7-9-26(10-8-25)21-36(3)16-18-47(5,6)40/h7-14,24,29-33,38H,15-23H2,1-6H3,(H,35,39)/t29-,30-,31+,32-,33+/m0/s1. The van der Waals surface area contributed by atoms with Gasteiger partial charge in [-0.25, -0.2) is 13.2 Å². The third-order valence-corrected chi connectivity index (χ3v) is 11.7. The van der Waals surface area contributed by atoms with Crippen molar-refractivity contribution in [1.82, 2.24) is 14.5 Å². The van der Waals surface area contributed by atoms with Gasteiger partial charge in [0, 0.05) is 32.3 Å². The van der Waals surface area contributed by atoms with E-state index < -0.39 is 41.5 Å². The fourth-order valence-corrected chi connectivity index (χ4v) is 8.35. The highest BCUT2D eigenvalue weighted by Gasteiger charge is 2.44. The minimum absolute atomic E-state index is 0.0298. The molecule has 0 radical (unpaired) electrons. The normalized spacial score (nSPS) is 21.0. The Morgan fingerprint density at radius 3 is 2.35 bits per heavy atom. The number of ether oxygens (including phenoxy) is 4. The summed E-state index contributed by atoms with van der Waals surface area (Å²) in [5.41, 5.74) is 1.91. The summed E-state index contributed by atoms with van der Waals surface area (Å²) in [6, 6.07) is 13.1. The molecule has 0 saturated carbocycles. The fourth-order valence-electron chi connectivity index (χ4n) is 5.90. The number of methoxy groups -OCH3 is 1. The van der Waals surface area contributed by atoms with Gasteiger partial charge < -0.3 is 38.8 Å². The lowest BCUT2D eigenvalue weighted by molar-refractivity contribution is -0.0907. The van der Waals surface area contributed by atoms with Gasteiger partial charge in [0.15, 0.2) is 6.29 Å². The lowest BCUT2D eigenvalue weighted by Crippen LogP contribution is -2.51. The summed E-state index contributed by atoms with van der Waals surface area (Å²) < 4.78 is 63.1. The second-order valence-corrected chi connectivity index (χ2v) is 19.3. The first kappa shape index (κ1) is 38.3. The molecule has 2 aliphatic heterocycles. The first-order chi connectivity index (χ1) is 22.6. The lowest BCUT2D eigenvalue weighted by atomic mass is 9.99. The smallest absolute Gasteiger partial charge is 0.407 e. The summed E-state index contributed by atoms with van der Waals surface area (Å²) in [6.07, 6.45) is -1.24. The number of sulfonamides is 1. The number of aliphatic hydroxyl groups is 1. The Hall–Kier alpha value is -2.51. The van der Waals surface area contributed by atoms with Crippen LogP contribution in [0.4, 0.5) is 4.79 Å². The summed E-state index contributed by atoms with van der Waals surface area (Å²) in [7, 11) is -2.60. The van der Waals surface area contributed by atoms with E-state index in [4.69, 9.17) is 18.9 Å². The lowest BCUT2D eigenvalue weighted by Gasteiger charge is -2.31. The number of nitrogens with one attached hydrogen (secondary N) is 1. The first-order valence-corrected chi connectivity index (χ1v) is 20.7. The molecule has 14 heteroatoms. The van der Waals surface area contributed by atoms with E-state index in [-0.39, 0.29) is 49.1 Å². The van der Waals surface area contributed by atoms with Gasteiger partial charge in [-0.2, -0.15) is 4.31 Å². The number of alkyl carbamates (subject to hydrolysis) is 1. The molecule has 2 N–H and O–H groups in total. The van der Waals surface area contributed by atoms with Crippen molar-refractivity contribution in [2.75, 3.05) is 66.5 Å². The van der Waals surface area contributed by atoms with Crippen LogP contribution in [0, 0.1) is 11.8 Å². The number of nitrogens with zero attached hydrogens (tertiary/aromatic N) is 2. The molecule has 2 aromatic carbocycles. The van der Waals surface area contributed by atoms with E-state index in [0.717, 1.165) is 24.1 Å². The van der Waals surface area contributed by atoms with Crippen molar-refractivity contribution >= 4 is 23.3 Å². The Labute approximate surface area is 285 Å². The summed E-state index contributed by atoms with van der Waals surface area (Å²) in [4.78, 5) is 15.4. The van der Waals surface area contributed by atoms with E-state index >= 15 is 0 Å². The maximum Gasteiger partial charge on any atom is 0.407 e. The van der Waals surface area contributed by atoms with Crippen LogP contribution in [0.3, 0.4) is 0 Å². The molecule has 2 fully saturated rings. The summed E-state index contributed by atoms with van der Waals surface area (Å²) in [6.45, 7) is 9.48. The number of hydrogen-bond acceptors (Lipinski definition) is 10. The van der Waals surface area contributed by atoms with Gasteiger partial charge in [0.25, 0.3) is 0 Å². The summed E-state index contributed by atoms with van der Waals surface area (Å²) in [5.74, 6) is 0.445. The number of hydrogen-bond donors (Lipinski definition) is 2. The molecule has 4 rings (SSSR count). The quantitative estimate of drug-likeness (QED) is 0.233. The van der Waals surface area contributed by atoms with Crippen LogP contribution in [0.15, 0.2) is 53.4 Å². The Bertz CT molecular complexity index is 1480.